The van der Waals surface area contributed by atoms with Gasteiger partial charge in [-0.25, -0.2) is 15.0 Å². The number of rotatable bonds is 4. The zero-order chi connectivity index (χ0) is 28.7. The van der Waals surface area contributed by atoms with Gasteiger partial charge in [0.15, 0.2) is 0 Å². The Hall–Kier alpha value is -5.15. The van der Waals surface area contributed by atoms with Crippen LogP contribution >= 0.6 is 0 Å². The highest BCUT2D eigenvalue weighted by Gasteiger charge is 2.20. The van der Waals surface area contributed by atoms with Gasteiger partial charge < -0.3 is 0 Å². The topological polar surface area (TPSA) is 38.7 Å². The fourth-order valence-electron chi connectivity index (χ4n) is 5.55. The maximum Gasteiger partial charge on any atom is 0.0900 e. The molecule has 3 heteroatoms. The van der Waals surface area contributed by atoms with E-state index in [9.17, 15) is 0 Å². The quantitative estimate of drug-likeness (QED) is 0.222. The average molecular weight is 542 g/mol. The minimum atomic E-state index is -0.0926. The maximum atomic E-state index is 5.25. The van der Waals surface area contributed by atoms with Crippen LogP contribution in [0.25, 0.3) is 66.8 Å². The Balaban J connectivity index is 1.48. The summed E-state index contributed by atoms with van der Waals surface area (Å²) in [5.41, 5.74) is 11.0. The van der Waals surface area contributed by atoms with Crippen molar-refractivity contribution in [1.29, 1.82) is 0 Å². The average Bonchev–Trinajstić information content (AvgIpc) is 3.04. The van der Waals surface area contributed by atoms with Gasteiger partial charge in [-0.1, -0.05) is 118 Å². The van der Waals surface area contributed by atoms with Crippen LogP contribution < -0.4 is 0 Å². The Kier molecular flexibility index (Phi) is 6.36. The van der Waals surface area contributed by atoms with Crippen LogP contribution in [0.15, 0.2) is 133 Å². The smallest absolute Gasteiger partial charge is 0.0900 e. The molecule has 0 fully saturated rings. The Bertz CT molecular complexity index is 1920. The predicted octanol–water partition coefficient (Wildman–Crippen LogP) is 10.1. The molecule has 0 amide bonds. The van der Waals surface area contributed by atoms with Crippen molar-refractivity contribution in [1.82, 2.24) is 15.0 Å². The van der Waals surface area contributed by atoms with E-state index in [0.717, 1.165) is 66.8 Å². The summed E-state index contributed by atoms with van der Waals surface area (Å²) >= 11 is 0. The third kappa shape index (κ3) is 4.84. The summed E-state index contributed by atoms with van der Waals surface area (Å²) in [6, 6.07) is 46.4. The van der Waals surface area contributed by atoms with Gasteiger partial charge in [0.1, 0.15) is 0 Å². The lowest BCUT2D eigenvalue weighted by Gasteiger charge is -2.21. The Morgan fingerprint density at radius 1 is 0.405 bits per heavy atom. The molecular weight excluding hydrogens is 510 g/mol. The molecule has 3 nitrogen and oxygen atoms in total. The summed E-state index contributed by atoms with van der Waals surface area (Å²) in [5, 5.41) is 2.26. The van der Waals surface area contributed by atoms with Crippen LogP contribution in [0, 0.1) is 0 Å². The molecule has 0 unspecified atom stereocenters. The number of aromatic nitrogens is 3. The van der Waals surface area contributed by atoms with E-state index in [2.05, 4.69) is 142 Å². The zero-order valence-electron chi connectivity index (χ0n) is 24.0. The summed E-state index contributed by atoms with van der Waals surface area (Å²) in [7, 11) is 0. The Labute approximate surface area is 246 Å². The van der Waals surface area contributed by atoms with Gasteiger partial charge in [0.2, 0.25) is 0 Å². The van der Waals surface area contributed by atoms with Crippen LogP contribution in [0.1, 0.15) is 26.3 Å². The predicted molar refractivity (Wildman–Crippen MR) is 175 cm³/mol. The maximum absolute atomic E-state index is 5.25. The molecule has 0 N–H and O–H groups in total. The van der Waals surface area contributed by atoms with E-state index in [4.69, 9.17) is 15.0 Å². The molecule has 0 saturated heterocycles. The van der Waals surface area contributed by atoms with Crippen molar-refractivity contribution in [2.45, 2.75) is 26.2 Å². The molecule has 0 aliphatic carbocycles. The second-order valence-corrected chi connectivity index (χ2v) is 11.8. The van der Waals surface area contributed by atoms with E-state index < -0.39 is 0 Å². The lowest BCUT2D eigenvalue weighted by atomic mass is 9.86. The third-order valence-electron chi connectivity index (χ3n) is 7.82. The summed E-state index contributed by atoms with van der Waals surface area (Å²) in [6.45, 7) is 6.72. The first-order chi connectivity index (χ1) is 20.4. The molecule has 3 heterocycles. The van der Waals surface area contributed by atoms with Crippen molar-refractivity contribution in [2.24, 2.45) is 0 Å². The molecule has 3 aromatic heterocycles. The molecule has 42 heavy (non-hydrogen) atoms. The molecular formula is C39H31N3. The van der Waals surface area contributed by atoms with E-state index in [1.807, 2.05) is 12.1 Å². The fourth-order valence-corrected chi connectivity index (χ4v) is 5.55. The molecule has 202 valence electrons. The first-order valence-electron chi connectivity index (χ1n) is 14.4. The molecule has 7 aromatic rings. The van der Waals surface area contributed by atoms with Gasteiger partial charge in [0.25, 0.3) is 0 Å². The van der Waals surface area contributed by atoms with Crippen molar-refractivity contribution in [2.75, 3.05) is 0 Å². The summed E-state index contributed by atoms with van der Waals surface area (Å²) in [5.74, 6) is 0. The van der Waals surface area contributed by atoms with Crippen LogP contribution in [0.2, 0.25) is 0 Å². The summed E-state index contributed by atoms with van der Waals surface area (Å²) in [6.07, 6.45) is 0. The lowest BCUT2D eigenvalue weighted by molar-refractivity contribution is 0.590. The molecule has 7 rings (SSSR count). The highest BCUT2D eigenvalue weighted by molar-refractivity contribution is 5.98. The van der Waals surface area contributed by atoms with E-state index in [1.165, 1.54) is 5.56 Å². The monoisotopic (exact) mass is 541 g/mol. The van der Waals surface area contributed by atoms with E-state index in [0.29, 0.717) is 0 Å². The van der Waals surface area contributed by atoms with Crippen molar-refractivity contribution >= 4 is 21.8 Å². The second kappa shape index (κ2) is 10.4. The largest absolute Gasteiger partial charge is 0.246 e. The molecule has 0 spiro atoms. The van der Waals surface area contributed by atoms with Crippen molar-refractivity contribution in [3.05, 3.63) is 139 Å². The minimum Gasteiger partial charge on any atom is -0.246 e. The number of para-hydroxylation sites is 2. The van der Waals surface area contributed by atoms with E-state index in [1.54, 1.807) is 0 Å². The summed E-state index contributed by atoms with van der Waals surface area (Å²) in [4.78, 5) is 15.5. The van der Waals surface area contributed by atoms with Gasteiger partial charge in [-0.3, -0.25) is 0 Å². The van der Waals surface area contributed by atoms with Gasteiger partial charge >= 0.3 is 0 Å². The summed E-state index contributed by atoms with van der Waals surface area (Å²) < 4.78 is 0. The molecule has 0 atom stereocenters. The Morgan fingerprint density at radius 2 is 0.786 bits per heavy atom. The third-order valence-corrected chi connectivity index (χ3v) is 7.82. The number of benzene rings is 4. The number of pyridine rings is 3. The van der Waals surface area contributed by atoms with Gasteiger partial charge in [0.05, 0.1) is 33.8 Å². The van der Waals surface area contributed by atoms with E-state index in [-0.39, 0.29) is 5.41 Å². The zero-order valence-corrected chi connectivity index (χ0v) is 24.0. The Morgan fingerprint density at radius 3 is 1.21 bits per heavy atom. The molecule has 0 bridgehead atoms. The normalized spacial score (nSPS) is 11.7. The number of fused-ring (bicyclic) bond motifs is 2. The van der Waals surface area contributed by atoms with Crippen LogP contribution in [0.3, 0.4) is 0 Å². The number of hydrogen-bond donors (Lipinski definition) is 0. The molecule has 0 radical (unpaired) electrons. The van der Waals surface area contributed by atoms with Crippen LogP contribution in [0.5, 0.6) is 0 Å². The standard InChI is InChI=1S/C39H31N3/c1-39(2,3)28-22-35(37-24-31(26-14-6-4-7-15-26)29-18-10-12-20-33(29)40-37)42-36(23-28)38-25-32(27-16-8-5-9-17-27)30-19-11-13-21-34(30)41-38/h4-25H,1-3H3. The fraction of sp³-hybridized carbons (Fsp3) is 0.103. The molecule has 0 aliphatic heterocycles. The van der Waals surface area contributed by atoms with Gasteiger partial charge in [-0.15, -0.1) is 0 Å². The highest BCUT2D eigenvalue weighted by Crippen LogP contribution is 2.36. The van der Waals surface area contributed by atoms with Crippen molar-refractivity contribution < 1.29 is 0 Å². The van der Waals surface area contributed by atoms with Crippen LogP contribution in [-0.2, 0) is 5.41 Å². The lowest BCUT2D eigenvalue weighted by Crippen LogP contribution is -2.12. The minimum absolute atomic E-state index is 0.0926. The highest BCUT2D eigenvalue weighted by atomic mass is 14.8. The first kappa shape index (κ1) is 25.8. The van der Waals surface area contributed by atoms with Gasteiger partial charge in [-0.05, 0) is 69.6 Å². The molecule has 0 aliphatic rings. The van der Waals surface area contributed by atoms with Gasteiger partial charge in [-0.2, -0.15) is 0 Å². The van der Waals surface area contributed by atoms with Crippen LogP contribution in [-0.4, -0.2) is 15.0 Å². The number of nitrogens with zero attached hydrogens (tertiary/aromatic N) is 3. The second-order valence-electron chi connectivity index (χ2n) is 11.8. The van der Waals surface area contributed by atoms with Crippen molar-refractivity contribution in [3.63, 3.8) is 0 Å². The first-order valence-corrected chi connectivity index (χ1v) is 14.4. The molecule has 0 saturated carbocycles. The molecule has 4 aromatic carbocycles. The van der Waals surface area contributed by atoms with Crippen molar-refractivity contribution in [3.8, 4) is 45.0 Å². The van der Waals surface area contributed by atoms with Crippen LogP contribution in [0.4, 0.5) is 0 Å². The van der Waals surface area contributed by atoms with Gasteiger partial charge in [0, 0.05) is 10.8 Å². The SMILES string of the molecule is CC(C)(C)c1cc(-c2cc(-c3ccccc3)c3ccccc3n2)nc(-c2cc(-c3ccccc3)c3ccccc3n2)c1. The number of hydrogen-bond acceptors (Lipinski definition) is 3. The van der Waals surface area contributed by atoms with E-state index >= 15 is 0 Å².